The van der Waals surface area contributed by atoms with E-state index in [9.17, 15) is 9.59 Å². The van der Waals surface area contributed by atoms with Crippen molar-refractivity contribution in [2.24, 2.45) is 17.3 Å². The van der Waals surface area contributed by atoms with Crippen molar-refractivity contribution in [3.05, 3.63) is 0 Å². The van der Waals surface area contributed by atoms with Gasteiger partial charge in [0.1, 0.15) is 5.78 Å². The molecule has 1 aliphatic heterocycles. The van der Waals surface area contributed by atoms with Gasteiger partial charge < -0.3 is 4.74 Å². The van der Waals surface area contributed by atoms with Crippen LogP contribution < -0.4 is 0 Å². The highest BCUT2D eigenvalue weighted by atomic mass is 16.5. The number of carbonyl (C=O) groups is 2. The van der Waals surface area contributed by atoms with Gasteiger partial charge in [-0.3, -0.25) is 9.59 Å². The lowest BCUT2D eigenvalue weighted by Gasteiger charge is -2.42. The molecule has 2 rings (SSSR count). The molecule has 2 fully saturated rings. The minimum atomic E-state index is -0.201. The second kappa shape index (κ2) is 2.56. The van der Waals surface area contributed by atoms with Crippen molar-refractivity contribution < 1.29 is 14.3 Å². The predicted octanol–water partition coefficient (Wildman–Crippen LogP) is 1.16. The highest BCUT2D eigenvalue weighted by Crippen LogP contribution is 2.46. The summed E-state index contributed by atoms with van der Waals surface area (Å²) < 4.78 is 4.85. The highest BCUT2D eigenvalue weighted by Gasteiger charge is 2.52. The largest absolute Gasteiger partial charge is 0.465 e. The Kier molecular flexibility index (Phi) is 1.72. The van der Waals surface area contributed by atoms with Gasteiger partial charge in [0.2, 0.25) is 0 Å². The minimum Gasteiger partial charge on any atom is -0.465 e. The lowest BCUT2D eigenvalue weighted by Crippen LogP contribution is -2.48. The molecule has 13 heavy (non-hydrogen) atoms. The monoisotopic (exact) mass is 182 g/mol. The van der Waals surface area contributed by atoms with Gasteiger partial charge in [0.05, 0.1) is 12.5 Å². The third-order valence-electron chi connectivity index (χ3n) is 3.20. The molecule has 0 aromatic heterocycles. The van der Waals surface area contributed by atoms with Crippen molar-refractivity contribution in [3.8, 4) is 0 Å². The first kappa shape index (κ1) is 8.73. The van der Waals surface area contributed by atoms with Gasteiger partial charge in [-0.05, 0) is 12.8 Å². The Labute approximate surface area is 77.4 Å². The van der Waals surface area contributed by atoms with Gasteiger partial charge in [-0.1, -0.05) is 13.8 Å². The first-order chi connectivity index (χ1) is 6.02. The fraction of sp³-hybridized carbons (Fsp3) is 0.800. The van der Waals surface area contributed by atoms with Crippen LogP contribution in [-0.4, -0.2) is 18.4 Å². The summed E-state index contributed by atoms with van der Waals surface area (Å²) in [7, 11) is 0. The van der Waals surface area contributed by atoms with Gasteiger partial charge in [-0.2, -0.15) is 0 Å². The number of hydrogen-bond donors (Lipinski definition) is 0. The van der Waals surface area contributed by atoms with Crippen molar-refractivity contribution in [1.82, 2.24) is 0 Å². The molecule has 0 radical (unpaired) electrons. The molecule has 1 saturated heterocycles. The summed E-state index contributed by atoms with van der Waals surface area (Å²) in [5.41, 5.74) is -0.201. The van der Waals surface area contributed by atoms with E-state index in [-0.39, 0.29) is 29.0 Å². The first-order valence-corrected chi connectivity index (χ1v) is 4.73. The van der Waals surface area contributed by atoms with Gasteiger partial charge in [0.15, 0.2) is 0 Å². The number of Topliss-reactive ketones (excluding diaryl/α,β-unsaturated/α-hetero) is 1. The smallest absolute Gasteiger partial charge is 0.309 e. The average Bonchev–Trinajstić information content (AvgIpc) is 2.47. The molecular weight excluding hydrogens is 168 g/mol. The molecule has 0 aromatic carbocycles. The van der Waals surface area contributed by atoms with Gasteiger partial charge >= 0.3 is 5.97 Å². The maximum absolute atomic E-state index is 11.6. The summed E-state index contributed by atoms with van der Waals surface area (Å²) in [6.07, 6.45) is 1.57. The Morgan fingerprint density at radius 3 is 2.38 bits per heavy atom. The van der Waals surface area contributed by atoms with Gasteiger partial charge in [0.25, 0.3) is 0 Å². The fourth-order valence-corrected chi connectivity index (χ4v) is 2.32. The Morgan fingerprint density at radius 1 is 1.31 bits per heavy atom. The molecule has 2 atom stereocenters. The van der Waals surface area contributed by atoms with E-state index in [1.54, 1.807) is 0 Å². The third kappa shape index (κ3) is 1.18. The molecule has 0 spiro atoms. The molecule has 0 N–H and O–H groups in total. The van der Waals surface area contributed by atoms with Crippen molar-refractivity contribution in [3.63, 3.8) is 0 Å². The van der Waals surface area contributed by atoms with Crippen molar-refractivity contribution in [2.75, 3.05) is 6.61 Å². The molecule has 0 amide bonds. The van der Waals surface area contributed by atoms with Crippen LogP contribution in [0.2, 0.25) is 0 Å². The number of esters is 1. The van der Waals surface area contributed by atoms with Crippen molar-refractivity contribution in [1.29, 1.82) is 0 Å². The standard InChI is InChI=1S/C10H14O3/c1-10(2)5-7(8(10)11)6-3-4-13-9(6)12/h6-7H,3-5H2,1-2H3/t6-,7-/m0/s1. The summed E-state index contributed by atoms with van der Waals surface area (Å²) in [6.45, 7) is 4.37. The van der Waals surface area contributed by atoms with E-state index >= 15 is 0 Å². The number of carbonyl (C=O) groups excluding carboxylic acids is 2. The molecule has 0 aromatic rings. The van der Waals surface area contributed by atoms with E-state index in [2.05, 4.69) is 0 Å². The molecular formula is C10H14O3. The van der Waals surface area contributed by atoms with Crippen molar-refractivity contribution in [2.45, 2.75) is 26.7 Å². The fourth-order valence-electron chi connectivity index (χ4n) is 2.32. The van der Waals surface area contributed by atoms with E-state index in [0.717, 1.165) is 12.8 Å². The van der Waals surface area contributed by atoms with E-state index < -0.39 is 0 Å². The second-order valence-corrected chi connectivity index (χ2v) is 4.62. The van der Waals surface area contributed by atoms with E-state index in [4.69, 9.17) is 4.74 Å². The molecule has 0 unspecified atom stereocenters. The van der Waals surface area contributed by atoms with Crippen LogP contribution in [0.5, 0.6) is 0 Å². The quantitative estimate of drug-likeness (QED) is 0.571. The van der Waals surface area contributed by atoms with Crippen molar-refractivity contribution >= 4 is 11.8 Å². The lowest BCUT2D eigenvalue weighted by molar-refractivity contribution is -0.155. The second-order valence-electron chi connectivity index (χ2n) is 4.62. The summed E-state index contributed by atoms with van der Waals surface area (Å²) in [5, 5.41) is 0. The van der Waals surface area contributed by atoms with Crippen LogP contribution in [0.3, 0.4) is 0 Å². The number of rotatable bonds is 1. The number of ether oxygens (including phenoxy) is 1. The Hall–Kier alpha value is -0.860. The normalized spacial score (nSPS) is 37.1. The Balaban J connectivity index is 2.05. The molecule has 3 nitrogen and oxygen atoms in total. The molecule has 3 heteroatoms. The molecule has 0 bridgehead atoms. The topological polar surface area (TPSA) is 43.4 Å². The zero-order valence-electron chi connectivity index (χ0n) is 8.00. The van der Waals surface area contributed by atoms with Gasteiger partial charge in [-0.15, -0.1) is 0 Å². The number of ketones is 1. The van der Waals surface area contributed by atoms with Crippen LogP contribution in [0.4, 0.5) is 0 Å². The molecule has 72 valence electrons. The molecule has 1 aliphatic carbocycles. The van der Waals surface area contributed by atoms with Crippen LogP contribution in [-0.2, 0) is 14.3 Å². The summed E-state index contributed by atoms with van der Waals surface area (Å²) in [6, 6.07) is 0. The lowest BCUT2D eigenvalue weighted by atomic mass is 9.59. The van der Waals surface area contributed by atoms with Crippen LogP contribution in [0.1, 0.15) is 26.7 Å². The summed E-state index contributed by atoms with van der Waals surface area (Å²) >= 11 is 0. The maximum atomic E-state index is 11.6. The zero-order valence-corrected chi connectivity index (χ0v) is 8.00. The summed E-state index contributed by atoms with van der Waals surface area (Å²) in [4.78, 5) is 22.8. The third-order valence-corrected chi connectivity index (χ3v) is 3.20. The van der Waals surface area contributed by atoms with E-state index in [1.165, 1.54) is 0 Å². The summed E-state index contributed by atoms with van der Waals surface area (Å²) in [5.74, 6) is -0.129. The average molecular weight is 182 g/mol. The van der Waals surface area contributed by atoms with E-state index in [1.807, 2.05) is 13.8 Å². The first-order valence-electron chi connectivity index (χ1n) is 4.73. The van der Waals surface area contributed by atoms with Crippen LogP contribution in [0.25, 0.3) is 0 Å². The highest BCUT2D eigenvalue weighted by molar-refractivity contribution is 5.95. The van der Waals surface area contributed by atoms with Gasteiger partial charge in [-0.25, -0.2) is 0 Å². The number of cyclic esters (lactones) is 1. The predicted molar refractivity (Wildman–Crippen MR) is 46.0 cm³/mol. The number of hydrogen-bond acceptors (Lipinski definition) is 3. The van der Waals surface area contributed by atoms with Crippen LogP contribution in [0.15, 0.2) is 0 Å². The molecule has 1 heterocycles. The van der Waals surface area contributed by atoms with Crippen LogP contribution >= 0.6 is 0 Å². The molecule has 1 saturated carbocycles. The van der Waals surface area contributed by atoms with Crippen LogP contribution in [0, 0.1) is 17.3 Å². The zero-order chi connectivity index (χ0) is 9.64. The molecule has 2 aliphatic rings. The minimum absolute atomic E-state index is 0.0509. The van der Waals surface area contributed by atoms with Gasteiger partial charge in [0, 0.05) is 11.3 Å². The van der Waals surface area contributed by atoms with E-state index in [0.29, 0.717) is 6.61 Å². The Bertz CT molecular complexity index is 267. The Morgan fingerprint density at radius 2 is 2.00 bits per heavy atom. The SMILES string of the molecule is CC1(C)C[C@@H]([C@@H]2CCOC2=O)C1=O. The maximum Gasteiger partial charge on any atom is 0.309 e.